The quantitative estimate of drug-likeness (QED) is 0.414. The Hall–Kier alpha value is -1.03. The van der Waals surface area contributed by atoms with Crippen molar-refractivity contribution in [3.05, 3.63) is 23.8 Å². The molecule has 7 heavy (non-hydrogen) atoms. The summed E-state index contributed by atoms with van der Waals surface area (Å²) in [4.78, 5) is 0. The van der Waals surface area contributed by atoms with Gasteiger partial charge in [-0.2, -0.15) is 5.26 Å². The lowest BCUT2D eigenvalue weighted by molar-refractivity contribution is 1.32. The Labute approximate surface area is 42.6 Å². The third-order valence-corrected chi connectivity index (χ3v) is 0.915. The Morgan fingerprint density at radius 1 is 1.71 bits per heavy atom. The zero-order valence-electron chi connectivity index (χ0n) is 3.89. The molecular weight excluding hydrogens is 87.1 g/mol. The maximum atomic E-state index is 8.21. The third-order valence-electron chi connectivity index (χ3n) is 0.915. The van der Waals surface area contributed by atoms with E-state index in [1.54, 1.807) is 0 Å². The summed E-state index contributed by atoms with van der Waals surface area (Å²) >= 11 is 0. The van der Waals surface area contributed by atoms with Crippen LogP contribution in [0.2, 0.25) is 0 Å². The van der Waals surface area contributed by atoms with Crippen LogP contribution in [0.3, 0.4) is 0 Å². The van der Waals surface area contributed by atoms with Crippen LogP contribution in [0.5, 0.6) is 0 Å². The van der Waals surface area contributed by atoms with E-state index in [2.05, 4.69) is 6.07 Å². The second-order valence-electron chi connectivity index (χ2n) is 1.44. The standard InChI is InChI=1S/C6H5N/c7-5-6-3-1-2-4-6/h1-3H,4H2/i3+1. The first-order chi connectivity index (χ1) is 3.43. The fourth-order valence-electron chi connectivity index (χ4n) is 0.530. The molecule has 1 rings (SSSR count). The first-order valence-electron chi connectivity index (χ1n) is 2.19. The molecule has 1 heteroatoms. The van der Waals surface area contributed by atoms with Crippen LogP contribution >= 0.6 is 0 Å². The van der Waals surface area contributed by atoms with Crippen LogP contribution in [0, 0.1) is 11.3 Å². The highest BCUT2D eigenvalue weighted by Crippen LogP contribution is 2.06. The minimum absolute atomic E-state index is 0.830. The topological polar surface area (TPSA) is 23.8 Å². The summed E-state index contributed by atoms with van der Waals surface area (Å²) in [6.07, 6.45) is 6.54. The van der Waals surface area contributed by atoms with Crippen molar-refractivity contribution in [3.63, 3.8) is 0 Å². The van der Waals surface area contributed by atoms with Gasteiger partial charge in [0.2, 0.25) is 0 Å². The molecule has 1 aliphatic carbocycles. The van der Waals surface area contributed by atoms with Crippen molar-refractivity contribution >= 4 is 0 Å². The molecule has 0 aromatic rings. The van der Waals surface area contributed by atoms with Gasteiger partial charge >= 0.3 is 0 Å². The van der Waals surface area contributed by atoms with Gasteiger partial charge in [-0.15, -0.1) is 0 Å². The summed E-state index contributed by atoms with van der Waals surface area (Å²) in [6, 6.07) is 2.06. The average Bonchev–Trinajstić information content (AvgIpc) is 2.14. The smallest absolute Gasteiger partial charge is 0.0950 e. The van der Waals surface area contributed by atoms with E-state index in [0.29, 0.717) is 0 Å². The maximum absolute atomic E-state index is 8.21. The van der Waals surface area contributed by atoms with E-state index < -0.39 is 0 Å². The van der Waals surface area contributed by atoms with Crippen molar-refractivity contribution in [3.8, 4) is 6.07 Å². The molecule has 0 heterocycles. The van der Waals surface area contributed by atoms with Gasteiger partial charge in [0, 0.05) is 12.0 Å². The molecule has 1 nitrogen and oxygen atoms in total. The second kappa shape index (κ2) is 1.61. The van der Waals surface area contributed by atoms with Crippen molar-refractivity contribution in [1.29, 1.82) is 5.26 Å². The summed E-state index contributed by atoms with van der Waals surface area (Å²) in [7, 11) is 0. The van der Waals surface area contributed by atoms with Crippen LogP contribution in [0.25, 0.3) is 0 Å². The van der Waals surface area contributed by atoms with Crippen LogP contribution in [0.15, 0.2) is 23.8 Å². The molecule has 0 aliphatic heterocycles. The number of nitriles is 1. The van der Waals surface area contributed by atoms with Gasteiger partial charge in [-0.3, -0.25) is 0 Å². The molecule has 34 valence electrons. The van der Waals surface area contributed by atoms with E-state index in [-0.39, 0.29) is 0 Å². The average molecular weight is 92.1 g/mol. The van der Waals surface area contributed by atoms with Crippen LogP contribution in [-0.4, -0.2) is 0 Å². The number of nitrogens with zero attached hydrogens (tertiary/aromatic N) is 1. The van der Waals surface area contributed by atoms with Crippen LogP contribution < -0.4 is 0 Å². The molecule has 0 spiro atoms. The SMILES string of the molecule is N#CC1=[13CH]C=CC1. The van der Waals surface area contributed by atoms with Crippen molar-refractivity contribution < 1.29 is 0 Å². The maximum Gasteiger partial charge on any atom is 0.0950 e. The van der Waals surface area contributed by atoms with E-state index in [1.807, 2.05) is 18.2 Å². The van der Waals surface area contributed by atoms with E-state index in [0.717, 1.165) is 12.0 Å². The Morgan fingerprint density at radius 3 is 2.86 bits per heavy atom. The molecular formula is C6H5N. The molecule has 0 amide bonds. The molecule has 0 bridgehead atoms. The first kappa shape index (κ1) is 4.14. The Balaban J connectivity index is 2.67. The van der Waals surface area contributed by atoms with Crippen LogP contribution in [0.1, 0.15) is 6.42 Å². The monoisotopic (exact) mass is 92.0 g/mol. The van der Waals surface area contributed by atoms with E-state index in [9.17, 15) is 0 Å². The fraction of sp³-hybridized carbons (Fsp3) is 0.167. The summed E-state index contributed by atoms with van der Waals surface area (Å²) in [5.74, 6) is 0. The molecule has 0 radical (unpaired) electrons. The second-order valence-corrected chi connectivity index (χ2v) is 1.44. The Kier molecular flexibility index (Phi) is 0.953. The van der Waals surface area contributed by atoms with Crippen molar-refractivity contribution in [2.75, 3.05) is 0 Å². The lowest BCUT2D eigenvalue weighted by Crippen LogP contribution is -1.64. The highest BCUT2D eigenvalue weighted by atomic mass is 14.3. The zero-order chi connectivity index (χ0) is 5.11. The van der Waals surface area contributed by atoms with E-state index >= 15 is 0 Å². The Morgan fingerprint density at radius 2 is 2.57 bits per heavy atom. The molecule has 1 aliphatic rings. The van der Waals surface area contributed by atoms with E-state index in [1.165, 1.54) is 0 Å². The third kappa shape index (κ3) is 0.690. The summed E-state index contributed by atoms with van der Waals surface area (Å²) < 4.78 is 0. The minimum Gasteiger partial charge on any atom is -0.193 e. The Bertz CT molecular complexity index is 158. The number of allylic oxidation sites excluding steroid dienone is 4. The molecule has 0 saturated heterocycles. The summed E-state index contributed by atoms with van der Waals surface area (Å²) in [5, 5.41) is 8.21. The highest BCUT2D eigenvalue weighted by Gasteiger charge is 1.92. The van der Waals surface area contributed by atoms with E-state index in [4.69, 9.17) is 5.26 Å². The lowest BCUT2D eigenvalue weighted by atomic mass is 10.3. The minimum atomic E-state index is 0.830. The van der Waals surface area contributed by atoms with Crippen molar-refractivity contribution in [1.82, 2.24) is 0 Å². The van der Waals surface area contributed by atoms with Gasteiger partial charge < -0.3 is 0 Å². The molecule has 0 unspecified atom stereocenters. The summed E-state index contributed by atoms with van der Waals surface area (Å²) in [6.45, 7) is 0. The molecule has 0 saturated carbocycles. The summed E-state index contributed by atoms with van der Waals surface area (Å²) in [5.41, 5.74) is 0.861. The van der Waals surface area contributed by atoms with Crippen molar-refractivity contribution in [2.24, 2.45) is 0 Å². The van der Waals surface area contributed by atoms with Gasteiger partial charge in [0.15, 0.2) is 0 Å². The van der Waals surface area contributed by atoms with Crippen molar-refractivity contribution in [2.45, 2.75) is 6.42 Å². The molecule has 0 aromatic heterocycles. The largest absolute Gasteiger partial charge is 0.193 e. The number of rotatable bonds is 0. The number of hydrogen-bond donors (Lipinski definition) is 0. The molecule has 0 atom stereocenters. The van der Waals surface area contributed by atoms with Crippen LogP contribution in [0.4, 0.5) is 0 Å². The van der Waals surface area contributed by atoms with Crippen LogP contribution in [-0.2, 0) is 0 Å². The zero-order valence-corrected chi connectivity index (χ0v) is 3.89. The van der Waals surface area contributed by atoms with Gasteiger partial charge in [-0.25, -0.2) is 0 Å². The number of hydrogen-bond acceptors (Lipinski definition) is 1. The predicted molar refractivity (Wildman–Crippen MR) is 27.5 cm³/mol. The molecule has 0 N–H and O–H groups in total. The van der Waals surface area contributed by atoms with Gasteiger partial charge in [-0.05, 0) is 6.08 Å². The highest BCUT2D eigenvalue weighted by molar-refractivity contribution is 5.33. The lowest BCUT2D eigenvalue weighted by Gasteiger charge is -1.75. The molecule has 0 fully saturated rings. The predicted octanol–water partition coefficient (Wildman–Crippen LogP) is 1.40. The molecule has 0 aromatic carbocycles. The fourth-order valence-corrected chi connectivity index (χ4v) is 0.530. The van der Waals surface area contributed by atoms with Gasteiger partial charge in [0.1, 0.15) is 0 Å². The van der Waals surface area contributed by atoms with Gasteiger partial charge in [0.05, 0.1) is 6.07 Å². The van der Waals surface area contributed by atoms with Gasteiger partial charge in [-0.1, -0.05) is 12.2 Å². The first-order valence-corrected chi connectivity index (χ1v) is 2.19. The normalized spacial score (nSPS) is 16.1. The van der Waals surface area contributed by atoms with Gasteiger partial charge in [0.25, 0.3) is 0 Å².